The minimum atomic E-state index is -4.06. The van der Waals surface area contributed by atoms with Crippen LogP contribution in [0.4, 0.5) is 5.69 Å². The second kappa shape index (κ2) is 14.5. The van der Waals surface area contributed by atoms with Crippen molar-refractivity contribution in [3.8, 4) is 11.5 Å². The monoisotopic (exact) mass is 675 g/mol. The first-order valence-corrected chi connectivity index (χ1v) is 17.1. The van der Waals surface area contributed by atoms with Crippen molar-refractivity contribution in [1.82, 2.24) is 19.8 Å². The quantitative estimate of drug-likeness (QED) is 0.181. The Morgan fingerprint density at radius 1 is 0.979 bits per heavy atom. The summed E-state index contributed by atoms with van der Waals surface area (Å²) in [6.07, 6.45) is -1.00. The topological polar surface area (TPSA) is 152 Å². The van der Waals surface area contributed by atoms with E-state index in [9.17, 15) is 23.1 Å². The van der Waals surface area contributed by atoms with Crippen LogP contribution in [-0.4, -0.2) is 61.2 Å². The third-order valence-corrected chi connectivity index (χ3v) is 9.67. The molecule has 2 atom stereocenters. The number of aliphatic hydroxyl groups excluding tert-OH is 1. The molecule has 2 amide bonds. The summed E-state index contributed by atoms with van der Waals surface area (Å²) in [6.45, 7) is 7.35. The Morgan fingerprint density at radius 3 is 2.35 bits per heavy atom. The summed E-state index contributed by atoms with van der Waals surface area (Å²) in [4.78, 5) is 28.2. The van der Waals surface area contributed by atoms with Crippen molar-refractivity contribution in [2.24, 2.45) is 0 Å². The van der Waals surface area contributed by atoms with Crippen LogP contribution in [0.25, 0.3) is 0 Å². The minimum absolute atomic E-state index is 0.00830. The fourth-order valence-corrected chi connectivity index (χ4v) is 6.56. The number of amides is 2. The van der Waals surface area contributed by atoms with Gasteiger partial charge in [-0.1, -0.05) is 61.9 Å². The van der Waals surface area contributed by atoms with Crippen molar-refractivity contribution in [3.05, 3.63) is 101 Å². The number of anilines is 1. The molecule has 13 heteroatoms. The van der Waals surface area contributed by atoms with Crippen molar-refractivity contribution >= 4 is 27.5 Å². The van der Waals surface area contributed by atoms with Gasteiger partial charge in [0.1, 0.15) is 12.8 Å². The lowest BCUT2D eigenvalue weighted by Gasteiger charge is -2.33. The number of likely N-dealkylation sites (N-methyl/N-ethyl adjacent to an activating group) is 1. The van der Waals surface area contributed by atoms with Gasteiger partial charge >= 0.3 is 0 Å². The first-order valence-electron chi connectivity index (χ1n) is 15.6. The number of hydrogen-bond acceptors (Lipinski definition) is 9. The Kier molecular flexibility index (Phi) is 10.4. The van der Waals surface area contributed by atoms with Gasteiger partial charge in [0.25, 0.3) is 10.0 Å². The highest BCUT2D eigenvalue weighted by molar-refractivity contribution is 7.90. The van der Waals surface area contributed by atoms with Crippen LogP contribution >= 0.6 is 0 Å². The van der Waals surface area contributed by atoms with Crippen LogP contribution < -0.4 is 24.4 Å². The summed E-state index contributed by atoms with van der Waals surface area (Å²) >= 11 is 0. The minimum Gasteiger partial charge on any atom is -0.454 e. The van der Waals surface area contributed by atoms with Crippen LogP contribution in [0.15, 0.2) is 77.7 Å². The number of aliphatic hydroxyl groups is 1. The number of carbonyl (C=O) groups is 2. The molecule has 0 radical (unpaired) electrons. The molecule has 48 heavy (non-hydrogen) atoms. The maximum atomic E-state index is 13.6. The van der Waals surface area contributed by atoms with E-state index in [-0.39, 0.29) is 30.6 Å². The normalized spacial score (nSPS) is 13.6. The number of sulfonamides is 1. The standard InChI is InChI=1S/C35H41N5O7S/c1-22(2)34-28(19-32(41)38-48(44,45)27-14-11-23(3)12-15-27)24(4)40(37-34)20-33(42)36-29(17-25-9-7-6-8-10-25)35(43)39(5)26-13-16-30-31(18-26)47-21-46-30/h6-16,18,22,29,35,43H,17,19-21H2,1-5H3,(H,36,42)(H,38,41). The number of nitrogens with zero attached hydrogens (tertiary/aromatic N) is 3. The molecule has 0 saturated carbocycles. The van der Waals surface area contributed by atoms with E-state index in [1.165, 1.54) is 16.8 Å². The van der Waals surface area contributed by atoms with Crippen molar-refractivity contribution in [1.29, 1.82) is 0 Å². The van der Waals surface area contributed by atoms with Crippen molar-refractivity contribution in [2.45, 2.75) is 70.2 Å². The molecule has 1 aromatic heterocycles. The van der Waals surface area contributed by atoms with Crippen LogP contribution in [0, 0.1) is 13.8 Å². The van der Waals surface area contributed by atoms with Crippen LogP contribution in [-0.2, 0) is 39.0 Å². The fourth-order valence-electron chi connectivity index (χ4n) is 5.58. The summed E-state index contributed by atoms with van der Waals surface area (Å²) in [7, 11) is -2.33. The lowest BCUT2D eigenvalue weighted by Crippen LogP contribution is -2.52. The first-order chi connectivity index (χ1) is 22.8. The molecule has 5 rings (SSSR count). The second-order valence-corrected chi connectivity index (χ2v) is 13.9. The van der Waals surface area contributed by atoms with Gasteiger partial charge in [0.2, 0.25) is 18.6 Å². The van der Waals surface area contributed by atoms with E-state index in [2.05, 4.69) is 15.1 Å². The molecule has 4 aromatic rings. The summed E-state index contributed by atoms with van der Waals surface area (Å²) in [5.41, 5.74) is 4.20. The Hall–Kier alpha value is -4.88. The number of nitrogens with one attached hydrogen (secondary N) is 2. The van der Waals surface area contributed by atoms with E-state index in [0.717, 1.165) is 11.1 Å². The molecular formula is C35H41N5O7S. The predicted octanol–water partition coefficient (Wildman–Crippen LogP) is 3.58. The number of aryl methyl sites for hydroxylation is 1. The van der Waals surface area contributed by atoms with Gasteiger partial charge in [0.15, 0.2) is 11.5 Å². The fraction of sp³-hybridized carbons (Fsp3) is 0.343. The van der Waals surface area contributed by atoms with Crippen LogP contribution in [0.3, 0.4) is 0 Å². The molecule has 1 aliphatic rings. The van der Waals surface area contributed by atoms with Crippen LogP contribution in [0.1, 0.15) is 47.8 Å². The maximum Gasteiger partial charge on any atom is 0.264 e. The number of benzene rings is 3. The molecular weight excluding hydrogens is 634 g/mol. The Labute approximate surface area is 280 Å². The molecule has 0 saturated heterocycles. The summed E-state index contributed by atoms with van der Waals surface area (Å²) < 4.78 is 40.2. The predicted molar refractivity (Wildman–Crippen MR) is 180 cm³/mol. The van der Waals surface area contributed by atoms with Gasteiger partial charge in [-0.05, 0) is 56.0 Å². The molecule has 0 aliphatic carbocycles. The van der Waals surface area contributed by atoms with Gasteiger partial charge in [-0.3, -0.25) is 14.3 Å². The average molecular weight is 676 g/mol. The zero-order chi connectivity index (χ0) is 34.6. The molecule has 0 spiro atoms. The van der Waals surface area contributed by atoms with Crippen LogP contribution in [0.2, 0.25) is 0 Å². The van der Waals surface area contributed by atoms with Gasteiger partial charge in [-0.15, -0.1) is 0 Å². The molecule has 2 unspecified atom stereocenters. The van der Waals surface area contributed by atoms with Gasteiger partial charge in [0, 0.05) is 30.1 Å². The third-order valence-electron chi connectivity index (χ3n) is 8.28. The van der Waals surface area contributed by atoms with Gasteiger partial charge in [-0.2, -0.15) is 5.10 Å². The van der Waals surface area contributed by atoms with Crippen molar-refractivity contribution in [3.63, 3.8) is 0 Å². The van der Waals surface area contributed by atoms with Crippen molar-refractivity contribution in [2.75, 3.05) is 18.7 Å². The Morgan fingerprint density at radius 2 is 1.67 bits per heavy atom. The average Bonchev–Trinajstić information content (AvgIpc) is 3.64. The molecule has 254 valence electrons. The Balaban J connectivity index is 1.32. The highest BCUT2D eigenvalue weighted by atomic mass is 32.2. The van der Waals surface area contributed by atoms with E-state index < -0.39 is 34.1 Å². The van der Waals surface area contributed by atoms with E-state index >= 15 is 0 Å². The Bertz CT molecular complexity index is 1880. The number of hydrogen-bond donors (Lipinski definition) is 3. The SMILES string of the molecule is Cc1ccc(S(=O)(=O)NC(=O)Cc2c(C(C)C)nn(CC(=O)NC(Cc3ccccc3)C(O)N(C)c3ccc4c(c3)OCO4)c2C)cc1. The van der Waals surface area contributed by atoms with Gasteiger partial charge in [0.05, 0.1) is 23.1 Å². The third kappa shape index (κ3) is 7.97. The molecule has 2 heterocycles. The summed E-state index contributed by atoms with van der Waals surface area (Å²) in [5.74, 6) is -0.0129. The lowest BCUT2D eigenvalue weighted by molar-refractivity contribution is -0.123. The summed E-state index contributed by atoms with van der Waals surface area (Å²) in [5, 5.41) is 19.2. The van der Waals surface area contributed by atoms with E-state index in [4.69, 9.17) is 9.47 Å². The van der Waals surface area contributed by atoms with Crippen molar-refractivity contribution < 1.29 is 32.6 Å². The number of fused-ring (bicyclic) bond motifs is 1. The number of ether oxygens (including phenoxy) is 2. The van der Waals surface area contributed by atoms with Gasteiger partial charge in [-0.25, -0.2) is 13.1 Å². The maximum absolute atomic E-state index is 13.6. The smallest absolute Gasteiger partial charge is 0.264 e. The highest BCUT2D eigenvalue weighted by Crippen LogP contribution is 2.35. The zero-order valence-corrected chi connectivity index (χ0v) is 28.5. The lowest BCUT2D eigenvalue weighted by atomic mass is 10.0. The zero-order valence-electron chi connectivity index (χ0n) is 27.6. The molecule has 3 N–H and O–H groups in total. The van der Waals surface area contributed by atoms with Crippen LogP contribution in [0.5, 0.6) is 11.5 Å². The molecule has 0 bridgehead atoms. The van der Waals surface area contributed by atoms with Gasteiger partial charge < -0.3 is 24.8 Å². The molecule has 1 aliphatic heterocycles. The molecule has 3 aromatic carbocycles. The summed E-state index contributed by atoms with van der Waals surface area (Å²) in [6, 6.07) is 20.4. The van der Waals surface area contributed by atoms with E-state index in [1.807, 2.05) is 57.2 Å². The van der Waals surface area contributed by atoms with E-state index in [1.54, 1.807) is 43.1 Å². The number of carbonyl (C=O) groups excluding carboxylic acids is 2. The van der Waals surface area contributed by atoms with E-state index in [0.29, 0.717) is 40.6 Å². The highest BCUT2D eigenvalue weighted by Gasteiger charge is 2.29. The first kappa shape index (κ1) is 34.5. The number of aromatic nitrogens is 2. The second-order valence-electron chi connectivity index (χ2n) is 12.2. The molecule has 12 nitrogen and oxygen atoms in total. The largest absolute Gasteiger partial charge is 0.454 e. The number of rotatable bonds is 13. The molecule has 0 fully saturated rings.